The molecule has 3 aromatic rings. The Balaban J connectivity index is 1.55. The minimum Gasteiger partial charge on any atom is -0.379 e. The standard InChI is InChI=1S/C19H24N8O/c1-14-11-21-19(25-17(14)18-23-13-24-26(18)2)22-12-16(15-5-3-4-6-20-15)27-7-9-28-10-8-27/h3-6,11,13,16H,7-10,12H2,1-2H3,(H,21,22,25)/t16-/m0/s1. The van der Waals surface area contributed by atoms with Crippen LogP contribution in [0, 0.1) is 6.92 Å². The molecule has 0 amide bonds. The van der Waals surface area contributed by atoms with Gasteiger partial charge in [-0.05, 0) is 24.6 Å². The smallest absolute Gasteiger partial charge is 0.223 e. The summed E-state index contributed by atoms with van der Waals surface area (Å²) < 4.78 is 7.22. The first-order valence-electron chi connectivity index (χ1n) is 9.37. The summed E-state index contributed by atoms with van der Waals surface area (Å²) in [5.74, 6) is 1.29. The maximum Gasteiger partial charge on any atom is 0.223 e. The highest BCUT2D eigenvalue weighted by atomic mass is 16.5. The molecule has 0 spiro atoms. The second-order valence-corrected chi connectivity index (χ2v) is 6.73. The van der Waals surface area contributed by atoms with Crippen LogP contribution >= 0.6 is 0 Å². The molecule has 1 aliphatic rings. The lowest BCUT2D eigenvalue weighted by atomic mass is 10.1. The zero-order valence-corrected chi connectivity index (χ0v) is 16.1. The van der Waals surface area contributed by atoms with E-state index in [1.165, 1.54) is 6.33 Å². The van der Waals surface area contributed by atoms with E-state index < -0.39 is 0 Å². The molecule has 4 rings (SSSR count). The predicted octanol–water partition coefficient (Wildman–Crippen LogP) is 1.46. The Morgan fingerprint density at radius 3 is 2.75 bits per heavy atom. The summed E-state index contributed by atoms with van der Waals surface area (Å²) >= 11 is 0. The average molecular weight is 380 g/mol. The first kappa shape index (κ1) is 18.5. The van der Waals surface area contributed by atoms with E-state index in [0.29, 0.717) is 12.5 Å². The highest BCUT2D eigenvalue weighted by Crippen LogP contribution is 2.22. The molecule has 0 bridgehead atoms. The van der Waals surface area contributed by atoms with Crippen molar-refractivity contribution in [2.24, 2.45) is 7.05 Å². The van der Waals surface area contributed by atoms with Gasteiger partial charge in [-0.3, -0.25) is 9.88 Å². The van der Waals surface area contributed by atoms with Gasteiger partial charge in [0.2, 0.25) is 5.95 Å². The molecular weight excluding hydrogens is 356 g/mol. The summed E-state index contributed by atoms with van der Waals surface area (Å²) in [6.45, 7) is 5.85. The van der Waals surface area contributed by atoms with Crippen molar-refractivity contribution >= 4 is 5.95 Å². The monoisotopic (exact) mass is 380 g/mol. The van der Waals surface area contributed by atoms with Gasteiger partial charge in [-0.1, -0.05) is 6.07 Å². The maximum absolute atomic E-state index is 5.51. The van der Waals surface area contributed by atoms with Crippen molar-refractivity contribution in [3.63, 3.8) is 0 Å². The van der Waals surface area contributed by atoms with Gasteiger partial charge in [0.05, 0.1) is 24.9 Å². The zero-order valence-electron chi connectivity index (χ0n) is 16.1. The summed E-state index contributed by atoms with van der Waals surface area (Å²) in [7, 11) is 1.85. The summed E-state index contributed by atoms with van der Waals surface area (Å²) in [6.07, 6.45) is 5.17. The summed E-state index contributed by atoms with van der Waals surface area (Å²) in [6, 6.07) is 6.13. The van der Waals surface area contributed by atoms with Crippen molar-refractivity contribution in [3.8, 4) is 11.5 Å². The van der Waals surface area contributed by atoms with Gasteiger partial charge in [0.15, 0.2) is 5.82 Å². The molecule has 9 nitrogen and oxygen atoms in total. The fourth-order valence-corrected chi connectivity index (χ4v) is 3.34. The molecule has 146 valence electrons. The predicted molar refractivity (Wildman–Crippen MR) is 105 cm³/mol. The number of nitrogens with zero attached hydrogens (tertiary/aromatic N) is 7. The van der Waals surface area contributed by atoms with E-state index >= 15 is 0 Å². The van der Waals surface area contributed by atoms with Gasteiger partial charge < -0.3 is 10.1 Å². The van der Waals surface area contributed by atoms with E-state index in [1.54, 1.807) is 4.68 Å². The van der Waals surface area contributed by atoms with Crippen LogP contribution in [0.25, 0.3) is 11.5 Å². The van der Waals surface area contributed by atoms with E-state index in [2.05, 4.69) is 41.3 Å². The van der Waals surface area contributed by atoms with Crippen molar-refractivity contribution in [1.82, 2.24) is 34.6 Å². The van der Waals surface area contributed by atoms with Gasteiger partial charge >= 0.3 is 0 Å². The molecule has 1 atom stereocenters. The van der Waals surface area contributed by atoms with Crippen LogP contribution in [0.1, 0.15) is 17.3 Å². The minimum absolute atomic E-state index is 0.119. The zero-order chi connectivity index (χ0) is 19.3. The van der Waals surface area contributed by atoms with Crippen LogP contribution in [0.4, 0.5) is 5.95 Å². The Morgan fingerprint density at radius 2 is 2.04 bits per heavy atom. The quantitative estimate of drug-likeness (QED) is 0.687. The van der Waals surface area contributed by atoms with Crippen molar-refractivity contribution in [2.45, 2.75) is 13.0 Å². The Bertz CT molecular complexity index is 907. The normalized spacial score (nSPS) is 16.1. The number of aryl methyl sites for hydroxylation is 2. The first-order valence-corrected chi connectivity index (χ1v) is 9.37. The van der Waals surface area contributed by atoms with Gasteiger partial charge in [0.25, 0.3) is 0 Å². The fourth-order valence-electron chi connectivity index (χ4n) is 3.34. The number of hydrogen-bond donors (Lipinski definition) is 1. The van der Waals surface area contributed by atoms with Gasteiger partial charge in [0, 0.05) is 39.1 Å². The third-order valence-electron chi connectivity index (χ3n) is 4.86. The average Bonchev–Trinajstić information content (AvgIpc) is 3.16. The molecular formula is C19H24N8O. The molecule has 1 saturated heterocycles. The Hall–Kier alpha value is -2.91. The van der Waals surface area contributed by atoms with Crippen LogP contribution in [-0.4, -0.2) is 67.5 Å². The van der Waals surface area contributed by atoms with Gasteiger partial charge in [0.1, 0.15) is 12.0 Å². The van der Waals surface area contributed by atoms with Crippen LogP contribution in [0.5, 0.6) is 0 Å². The van der Waals surface area contributed by atoms with Crippen LogP contribution < -0.4 is 5.32 Å². The highest BCUT2D eigenvalue weighted by molar-refractivity contribution is 5.55. The van der Waals surface area contributed by atoms with Crippen LogP contribution in [0.15, 0.2) is 36.9 Å². The lowest BCUT2D eigenvalue weighted by Gasteiger charge is -2.34. The minimum atomic E-state index is 0.119. The van der Waals surface area contributed by atoms with Gasteiger partial charge in [-0.15, -0.1) is 0 Å². The highest BCUT2D eigenvalue weighted by Gasteiger charge is 2.24. The lowest BCUT2D eigenvalue weighted by Crippen LogP contribution is -2.42. The molecule has 1 aliphatic heterocycles. The Kier molecular flexibility index (Phi) is 5.54. The van der Waals surface area contributed by atoms with Crippen LogP contribution in [-0.2, 0) is 11.8 Å². The fraction of sp³-hybridized carbons (Fsp3) is 0.421. The first-order chi connectivity index (χ1) is 13.7. The number of ether oxygens (including phenoxy) is 1. The number of anilines is 1. The lowest BCUT2D eigenvalue weighted by molar-refractivity contribution is 0.0178. The molecule has 4 heterocycles. The summed E-state index contributed by atoms with van der Waals surface area (Å²) in [5, 5.41) is 7.52. The van der Waals surface area contributed by atoms with Gasteiger partial charge in [-0.25, -0.2) is 19.6 Å². The number of hydrogen-bond acceptors (Lipinski definition) is 8. The van der Waals surface area contributed by atoms with Crippen molar-refractivity contribution in [2.75, 3.05) is 38.2 Å². The number of nitrogens with one attached hydrogen (secondary N) is 1. The van der Waals surface area contributed by atoms with E-state index in [9.17, 15) is 0 Å². The van der Waals surface area contributed by atoms with Crippen LogP contribution in [0.2, 0.25) is 0 Å². The molecule has 0 unspecified atom stereocenters. The van der Waals surface area contributed by atoms with E-state index in [0.717, 1.165) is 49.1 Å². The van der Waals surface area contributed by atoms with Crippen LogP contribution in [0.3, 0.4) is 0 Å². The second-order valence-electron chi connectivity index (χ2n) is 6.73. The molecule has 0 radical (unpaired) electrons. The molecule has 0 saturated carbocycles. The molecule has 1 fully saturated rings. The molecule has 0 aromatic carbocycles. The molecule has 9 heteroatoms. The van der Waals surface area contributed by atoms with Gasteiger partial charge in [-0.2, -0.15) is 5.10 Å². The molecule has 28 heavy (non-hydrogen) atoms. The number of aromatic nitrogens is 6. The van der Waals surface area contributed by atoms with Crippen molar-refractivity contribution < 1.29 is 4.74 Å². The third kappa shape index (κ3) is 4.00. The number of pyridine rings is 1. The third-order valence-corrected chi connectivity index (χ3v) is 4.86. The molecule has 3 aromatic heterocycles. The second kappa shape index (κ2) is 8.41. The SMILES string of the molecule is Cc1cnc(NC[C@@H](c2ccccn2)N2CCOCC2)nc1-c1ncnn1C. The summed E-state index contributed by atoms with van der Waals surface area (Å²) in [5.41, 5.74) is 2.76. The maximum atomic E-state index is 5.51. The largest absolute Gasteiger partial charge is 0.379 e. The van der Waals surface area contributed by atoms with Crippen molar-refractivity contribution in [3.05, 3.63) is 48.2 Å². The van der Waals surface area contributed by atoms with Crippen molar-refractivity contribution in [1.29, 1.82) is 0 Å². The number of rotatable bonds is 6. The topological polar surface area (TPSA) is 93.9 Å². The number of morpholine rings is 1. The van der Waals surface area contributed by atoms with E-state index in [4.69, 9.17) is 4.74 Å². The summed E-state index contributed by atoms with van der Waals surface area (Å²) in [4.78, 5) is 20.4. The molecule has 1 N–H and O–H groups in total. The van der Waals surface area contributed by atoms with E-state index in [1.807, 2.05) is 38.5 Å². The van der Waals surface area contributed by atoms with E-state index in [-0.39, 0.29) is 6.04 Å². The Morgan fingerprint density at radius 1 is 1.18 bits per heavy atom. The molecule has 0 aliphatic carbocycles. The Labute approximate surface area is 163 Å².